The van der Waals surface area contributed by atoms with Crippen molar-refractivity contribution in [3.8, 4) is 5.75 Å². The van der Waals surface area contributed by atoms with Crippen LogP contribution in [0.25, 0.3) is 5.76 Å². The zero-order chi connectivity index (χ0) is 21.1. The highest BCUT2D eigenvalue weighted by molar-refractivity contribution is 6.46. The van der Waals surface area contributed by atoms with Gasteiger partial charge in [-0.15, -0.1) is 0 Å². The summed E-state index contributed by atoms with van der Waals surface area (Å²) in [6.45, 7) is 6.42. The molecule has 2 aromatic carbocycles. The molecule has 1 amide bonds. The maximum Gasteiger partial charge on any atom is 0.295 e. The number of aliphatic hydroxyl groups excluding tert-OH is 1. The van der Waals surface area contributed by atoms with E-state index < -0.39 is 17.7 Å². The molecular weight excluding hydrogens is 366 g/mol. The summed E-state index contributed by atoms with van der Waals surface area (Å²) in [6, 6.07) is 12.2. The Kier molecular flexibility index (Phi) is 6.06. The third-order valence-corrected chi connectivity index (χ3v) is 5.48. The number of ether oxygens (including phenoxy) is 1. The third kappa shape index (κ3) is 3.90. The Morgan fingerprint density at radius 3 is 2.52 bits per heavy atom. The number of unbranched alkanes of at least 4 members (excludes halogenated alkanes) is 1. The van der Waals surface area contributed by atoms with Crippen LogP contribution in [0.1, 0.15) is 48.1 Å². The van der Waals surface area contributed by atoms with Gasteiger partial charge in [0, 0.05) is 12.1 Å². The van der Waals surface area contributed by atoms with E-state index in [9.17, 15) is 14.7 Å². The van der Waals surface area contributed by atoms with Gasteiger partial charge in [-0.05, 0) is 55.2 Å². The van der Waals surface area contributed by atoms with Crippen molar-refractivity contribution < 1.29 is 19.4 Å². The lowest BCUT2D eigenvalue weighted by molar-refractivity contribution is -0.139. The molecule has 1 unspecified atom stereocenters. The summed E-state index contributed by atoms with van der Waals surface area (Å²) in [7, 11) is 1.57. The zero-order valence-electron chi connectivity index (χ0n) is 17.4. The van der Waals surface area contributed by atoms with E-state index in [-0.39, 0.29) is 11.3 Å². The maximum atomic E-state index is 12.9. The number of carbonyl (C=O) groups is 2. The van der Waals surface area contributed by atoms with Crippen LogP contribution in [0.15, 0.2) is 48.0 Å². The number of hydrogen-bond acceptors (Lipinski definition) is 4. The van der Waals surface area contributed by atoms with Gasteiger partial charge in [-0.3, -0.25) is 9.59 Å². The van der Waals surface area contributed by atoms with Crippen LogP contribution in [0.3, 0.4) is 0 Å². The average Bonchev–Trinajstić information content (AvgIpc) is 2.98. The molecule has 1 aliphatic heterocycles. The molecule has 1 heterocycles. The third-order valence-electron chi connectivity index (χ3n) is 5.48. The molecule has 1 N–H and O–H groups in total. The van der Waals surface area contributed by atoms with E-state index in [0.29, 0.717) is 17.9 Å². The lowest BCUT2D eigenvalue weighted by Crippen LogP contribution is -2.30. The highest BCUT2D eigenvalue weighted by atomic mass is 16.5. The van der Waals surface area contributed by atoms with Gasteiger partial charge in [0.1, 0.15) is 11.5 Å². The minimum absolute atomic E-state index is 0.127. The minimum atomic E-state index is -0.648. The Labute approximate surface area is 171 Å². The smallest absolute Gasteiger partial charge is 0.295 e. The molecule has 0 bridgehead atoms. The minimum Gasteiger partial charge on any atom is -0.507 e. The van der Waals surface area contributed by atoms with Gasteiger partial charge in [0.25, 0.3) is 11.7 Å². The predicted octanol–water partition coefficient (Wildman–Crippen LogP) is 4.53. The topological polar surface area (TPSA) is 66.8 Å². The zero-order valence-corrected chi connectivity index (χ0v) is 17.4. The van der Waals surface area contributed by atoms with Gasteiger partial charge >= 0.3 is 0 Å². The van der Waals surface area contributed by atoms with Gasteiger partial charge in [-0.25, -0.2) is 0 Å². The molecule has 0 radical (unpaired) electrons. The molecule has 2 aromatic rings. The van der Waals surface area contributed by atoms with Gasteiger partial charge in [0.2, 0.25) is 0 Å². The van der Waals surface area contributed by atoms with Crippen LogP contribution < -0.4 is 4.74 Å². The normalized spacial score (nSPS) is 18.3. The summed E-state index contributed by atoms with van der Waals surface area (Å²) >= 11 is 0. The Hall–Kier alpha value is -3.08. The summed E-state index contributed by atoms with van der Waals surface area (Å²) in [4.78, 5) is 27.3. The van der Waals surface area contributed by atoms with Gasteiger partial charge in [0.15, 0.2) is 0 Å². The first-order valence-electron chi connectivity index (χ1n) is 9.89. The molecule has 152 valence electrons. The molecule has 29 heavy (non-hydrogen) atoms. The molecule has 5 nitrogen and oxygen atoms in total. The van der Waals surface area contributed by atoms with Crippen molar-refractivity contribution >= 4 is 17.4 Å². The Morgan fingerprint density at radius 1 is 1.10 bits per heavy atom. The van der Waals surface area contributed by atoms with Crippen LogP contribution in [0.5, 0.6) is 5.75 Å². The standard InChI is InChI=1S/C24H27NO4/c1-5-6-12-25-21(17-8-7-9-19(14-17)29-4)20(23(27)24(25)28)22(26)18-11-10-15(2)16(3)13-18/h7-11,13-14,21,26H,5-6,12H2,1-4H3/b22-20-. The van der Waals surface area contributed by atoms with Crippen LogP contribution in [0.2, 0.25) is 0 Å². The van der Waals surface area contributed by atoms with Crippen molar-refractivity contribution in [2.24, 2.45) is 0 Å². The lowest BCUT2D eigenvalue weighted by Gasteiger charge is -2.25. The fourth-order valence-corrected chi connectivity index (χ4v) is 3.64. The molecule has 1 fully saturated rings. The molecule has 5 heteroatoms. The van der Waals surface area contributed by atoms with Crippen LogP contribution in [0, 0.1) is 13.8 Å². The van der Waals surface area contributed by atoms with E-state index in [4.69, 9.17) is 4.74 Å². The highest BCUT2D eigenvalue weighted by Crippen LogP contribution is 2.40. The number of carbonyl (C=O) groups excluding carboxylic acids is 2. The first-order chi connectivity index (χ1) is 13.9. The first-order valence-corrected chi connectivity index (χ1v) is 9.89. The number of rotatable bonds is 6. The van der Waals surface area contributed by atoms with E-state index in [1.165, 1.54) is 0 Å². The number of hydrogen-bond donors (Lipinski definition) is 1. The van der Waals surface area contributed by atoms with Crippen molar-refractivity contribution in [1.82, 2.24) is 4.90 Å². The molecular formula is C24H27NO4. The molecule has 1 atom stereocenters. The van der Waals surface area contributed by atoms with Crippen molar-refractivity contribution in [2.45, 2.75) is 39.7 Å². The van der Waals surface area contributed by atoms with Gasteiger partial charge in [-0.1, -0.05) is 37.6 Å². The maximum absolute atomic E-state index is 12.9. The van der Waals surface area contributed by atoms with E-state index >= 15 is 0 Å². The van der Waals surface area contributed by atoms with Gasteiger partial charge in [0.05, 0.1) is 18.7 Å². The van der Waals surface area contributed by atoms with Crippen LogP contribution >= 0.6 is 0 Å². The van der Waals surface area contributed by atoms with E-state index in [0.717, 1.165) is 29.5 Å². The number of aliphatic hydroxyl groups is 1. The average molecular weight is 393 g/mol. The monoisotopic (exact) mass is 393 g/mol. The fourth-order valence-electron chi connectivity index (χ4n) is 3.64. The largest absolute Gasteiger partial charge is 0.507 e. The van der Waals surface area contributed by atoms with E-state index in [1.54, 1.807) is 18.1 Å². The summed E-state index contributed by atoms with van der Waals surface area (Å²) in [6.07, 6.45) is 1.67. The molecule has 0 saturated carbocycles. The molecule has 0 aliphatic carbocycles. The Balaban J connectivity index is 2.19. The van der Waals surface area contributed by atoms with Crippen LogP contribution in [0.4, 0.5) is 0 Å². The van der Waals surface area contributed by atoms with Gasteiger partial charge < -0.3 is 14.7 Å². The predicted molar refractivity (Wildman–Crippen MR) is 113 cm³/mol. The number of methoxy groups -OCH3 is 1. The number of likely N-dealkylation sites (tertiary alicyclic amines) is 1. The van der Waals surface area contributed by atoms with E-state index in [2.05, 4.69) is 0 Å². The number of nitrogens with zero attached hydrogens (tertiary/aromatic N) is 1. The van der Waals surface area contributed by atoms with Crippen molar-refractivity contribution in [2.75, 3.05) is 13.7 Å². The Bertz CT molecular complexity index is 977. The molecule has 3 rings (SSSR count). The molecule has 0 aromatic heterocycles. The van der Waals surface area contributed by atoms with Crippen molar-refractivity contribution in [1.29, 1.82) is 0 Å². The fraction of sp³-hybridized carbons (Fsp3) is 0.333. The molecule has 1 aliphatic rings. The van der Waals surface area contributed by atoms with Crippen molar-refractivity contribution in [3.05, 3.63) is 70.3 Å². The van der Waals surface area contributed by atoms with E-state index in [1.807, 2.05) is 57.2 Å². The number of ketones is 1. The number of Topliss-reactive ketones (excluding diaryl/α,β-unsaturated/α-hetero) is 1. The van der Waals surface area contributed by atoms with Crippen LogP contribution in [-0.2, 0) is 9.59 Å². The molecule has 0 spiro atoms. The SMILES string of the molecule is CCCCN1C(=O)C(=O)/C(=C(\O)c2ccc(C)c(C)c2)C1c1cccc(OC)c1. The second kappa shape index (κ2) is 8.52. The second-order valence-corrected chi connectivity index (χ2v) is 7.42. The van der Waals surface area contributed by atoms with Crippen LogP contribution in [-0.4, -0.2) is 35.4 Å². The highest BCUT2D eigenvalue weighted by Gasteiger charge is 2.45. The quantitative estimate of drug-likeness (QED) is 0.445. The Morgan fingerprint density at radius 2 is 1.86 bits per heavy atom. The number of aryl methyl sites for hydroxylation is 2. The lowest BCUT2D eigenvalue weighted by atomic mass is 9.94. The summed E-state index contributed by atoms with van der Waals surface area (Å²) in [5.41, 5.74) is 3.50. The summed E-state index contributed by atoms with van der Waals surface area (Å²) in [5, 5.41) is 11.1. The number of amides is 1. The van der Waals surface area contributed by atoms with Gasteiger partial charge in [-0.2, -0.15) is 0 Å². The summed E-state index contributed by atoms with van der Waals surface area (Å²) < 4.78 is 5.33. The summed E-state index contributed by atoms with van der Waals surface area (Å²) in [5.74, 6) is -0.727. The molecule has 1 saturated heterocycles. The second-order valence-electron chi connectivity index (χ2n) is 7.42. The first kappa shape index (κ1) is 20.6. The van der Waals surface area contributed by atoms with Crippen molar-refractivity contribution in [3.63, 3.8) is 0 Å². The number of benzene rings is 2.